The summed E-state index contributed by atoms with van der Waals surface area (Å²) in [7, 11) is 0. The molecule has 0 N–H and O–H groups in total. The van der Waals surface area contributed by atoms with Crippen molar-refractivity contribution in [2.75, 3.05) is 0 Å². The maximum atomic E-state index is 5.54. The molecule has 0 rings (SSSR count). The van der Waals surface area contributed by atoms with E-state index in [1.807, 2.05) is 0 Å². The Morgan fingerprint density at radius 2 is 1.80 bits per heavy atom. The summed E-state index contributed by atoms with van der Waals surface area (Å²) >= 11 is 0. The standard InChI is InChI=1S/C9H18O/c1-6-9(7(2)3)10-8(4)5/h8H,6H2,1-5H3. The second-order valence-corrected chi connectivity index (χ2v) is 2.94. The summed E-state index contributed by atoms with van der Waals surface area (Å²) in [5.41, 5.74) is 1.29. The Morgan fingerprint density at radius 3 is 1.90 bits per heavy atom. The molecular formula is C9H18O. The molecule has 0 unspecified atom stereocenters. The molecule has 0 atom stereocenters. The van der Waals surface area contributed by atoms with Crippen molar-refractivity contribution >= 4 is 0 Å². The summed E-state index contributed by atoms with van der Waals surface area (Å²) in [6.45, 7) is 10.4. The predicted molar refractivity (Wildman–Crippen MR) is 44.9 cm³/mol. The molecule has 0 aromatic rings. The van der Waals surface area contributed by atoms with Crippen molar-refractivity contribution in [3.63, 3.8) is 0 Å². The van der Waals surface area contributed by atoms with Gasteiger partial charge in [0.25, 0.3) is 0 Å². The number of allylic oxidation sites excluding steroid dienone is 2. The van der Waals surface area contributed by atoms with E-state index in [4.69, 9.17) is 4.74 Å². The fourth-order valence-electron chi connectivity index (χ4n) is 0.839. The van der Waals surface area contributed by atoms with Crippen LogP contribution in [0.15, 0.2) is 11.3 Å². The van der Waals surface area contributed by atoms with Gasteiger partial charge in [-0.2, -0.15) is 0 Å². The summed E-state index contributed by atoms with van der Waals surface area (Å²) in [5.74, 6) is 1.13. The van der Waals surface area contributed by atoms with Crippen LogP contribution >= 0.6 is 0 Å². The van der Waals surface area contributed by atoms with Crippen LogP contribution in [-0.2, 0) is 4.74 Å². The minimum atomic E-state index is 0.310. The van der Waals surface area contributed by atoms with Crippen LogP contribution in [0.3, 0.4) is 0 Å². The monoisotopic (exact) mass is 142 g/mol. The fourth-order valence-corrected chi connectivity index (χ4v) is 0.839. The van der Waals surface area contributed by atoms with Crippen LogP contribution in [-0.4, -0.2) is 6.10 Å². The highest BCUT2D eigenvalue weighted by molar-refractivity contribution is 5.01. The lowest BCUT2D eigenvalue weighted by Gasteiger charge is -2.13. The van der Waals surface area contributed by atoms with E-state index in [-0.39, 0.29) is 0 Å². The molecular weight excluding hydrogens is 124 g/mol. The molecule has 0 bridgehead atoms. The van der Waals surface area contributed by atoms with Crippen molar-refractivity contribution in [2.24, 2.45) is 0 Å². The molecule has 10 heavy (non-hydrogen) atoms. The van der Waals surface area contributed by atoms with E-state index < -0.39 is 0 Å². The van der Waals surface area contributed by atoms with Crippen LogP contribution in [0.2, 0.25) is 0 Å². The Kier molecular flexibility index (Phi) is 4.17. The van der Waals surface area contributed by atoms with Gasteiger partial charge in [0.15, 0.2) is 0 Å². The largest absolute Gasteiger partial charge is 0.495 e. The molecule has 0 aliphatic carbocycles. The lowest BCUT2D eigenvalue weighted by atomic mass is 10.2. The molecule has 1 heteroatoms. The number of rotatable bonds is 3. The third-order valence-corrected chi connectivity index (χ3v) is 1.26. The Morgan fingerprint density at radius 1 is 1.30 bits per heavy atom. The number of hydrogen-bond acceptors (Lipinski definition) is 1. The van der Waals surface area contributed by atoms with Crippen molar-refractivity contribution in [3.8, 4) is 0 Å². The first kappa shape index (κ1) is 9.54. The molecule has 0 aromatic carbocycles. The van der Waals surface area contributed by atoms with E-state index in [9.17, 15) is 0 Å². The van der Waals surface area contributed by atoms with Gasteiger partial charge in [-0.25, -0.2) is 0 Å². The van der Waals surface area contributed by atoms with Gasteiger partial charge in [0.2, 0.25) is 0 Å². The SMILES string of the molecule is CCC(OC(C)C)=C(C)C. The second kappa shape index (κ2) is 4.37. The molecule has 0 spiro atoms. The Labute approximate surface area is 64.1 Å². The van der Waals surface area contributed by atoms with Crippen molar-refractivity contribution in [1.82, 2.24) is 0 Å². The minimum Gasteiger partial charge on any atom is -0.495 e. The maximum absolute atomic E-state index is 5.54. The van der Waals surface area contributed by atoms with Gasteiger partial charge < -0.3 is 4.74 Å². The molecule has 0 saturated heterocycles. The lowest BCUT2D eigenvalue weighted by Crippen LogP contribution is -2.02. The van der Waals surface area contributed by atoms with Gasteiger partial charge in [-0.05, 0) is 33.3 Å². The first-order valence-corrected chi connectivity index (χ1v) is 3.91. The van der Waals surface area contributed by atoms with E-state index in [2.05, 4.69) is 34.6 Å². The van der Waals surface area contributed by atoms with Gasteiger partial charge in [0, 0.05) is 6.42 Å². The van der Waals surface area contributed by atoms with E-state index >= 15 is 0 Å². The molecule has 60 valence electrons. The maximum Gasteiger partial charge on any atom is 0.0947 e. The lowest BCUT2D eigenvalue weighted by molar-refractivity contribution is 0.138. The van der Waals surface area contributed by atoms with Crippen molar-refractivity contribution in [2.45, 2.75) is 47.1 Å². The van der Waals surface area contributed by atoms with Gasteiger partial charge in [0.05, 0.1) is 11.9 Å². The van der Waals surface area contributed by atoms with Crippen molar-refractivity contribution in [1.29, 1.82) is 0 Å². The molecule has 0 aliphatic rings. The highest BCUT2D eigenvalue weighted by atomic mass is 16.5. The van der Waals surface area contributed by atoms with Crippen molar-refractivity contribution in [3.05, 3.63) is 11.3 Å². The van der Waals surface area contributed by atoms with Gasteiger partial charge in [0.1, 0.15) is 0 Å². The van der Waals surface area contributed by atoms with E-state index in [1.165, 1.54) is 5.57 Å². The molecule has 0 aromatic heterocycles. The van der Waals surface area contributed by atoms with Crippen LogP contribution in [0.1, 0.15) is 41.0 Å². The molecule has 0 amide bonds. The topological polar surface area (TPSA) is 9.23 Å². The second-order valence-electron chi connectivity index (χ2n) is 2.94. The number of hydrogen-bond donors (Lipinski definition) is 0. The average molecular weight is 142 g/mol. The van der Waals surface area contributed by atoms with Gasteiger partial charge >= 0.3 is 0 Å². The Bertz CT molecular complexity index is 119. The van der Waals surface area contributed by atoms with Crippen molar-refractivity contribution < 1.29 is 4.74 Å². The zero-order valence-electron chi connectivity index (χ0n) is 7.69. The minimum absolute atomic E-state index is 0.310. The predicted octanol–water partition coefficient (Wildman–Crippen LogP) is 3.12. The summed E-state index contributed by atoms with van der Waals surface area (Å²) in [4.78, 5) is 0. The van der Waals surface area contributed by atoms with Gasteiger partial charge in [-0.15, -0.1) is 0 Å². The Hall–Kier alpha value is -0.460. The highest BCUT2D eigenvalue weighted by Crippen LogP contribution is 2.11. The van der Waals surface area contributed by atoms with Gasteiger partial charge in [-0.1, -0.05) is 6.92 Å². The molecule has 1 nitrogen and oxygen atoms in total. The van der Waals surface area contributed by atoms with E-state index in [1.54, 1.807) is 0 Å². The normalized spacial score (nSPS) is 9.80. The Balaban J connectivity index is 3.97. The molecule has 0 aliphatic heterocycles. The number of ether oxygens (including phenoxy) is 1. The molecule has 0 saturated carbocycles. The summed E-state index contributed by atoms with van der Waals surface area (Å²) < 4.78 is 5.54. The third-order valence-electron chi connectivity index (χ3n) is 1.26. The third kappa shape index (κ3) is 3.54. The van der Waals surface area contributed by atoms with E-state index in [0.29, 0.717) is 6.10 Å². The zero-order chi connectivity index (χ0) is 8.15. The zero-order valence-corrected chi connectivity index (χ0v) is 7.69. The highest BCUT2D eigenvalue weighted by Gasteiger charge is 1.99. The fraction of sp³-hybridized carbons (Fsp3) is 0.778. The molecule has 0 heterocycles. The van der Waals surface area contributed by atoms with Gasteiger partial charge in [-0.3, -0.25) is 0 Å². The first-order chi connectivity index (χ1) is 4.57. The quantitative estimate of drug-likeness (QED) is 0.550. The van der Waals surface area contributed by atoms with Crippen LogP contribution in [0.25, 0.3) is 0 Å². The molecule has 0 radical (unpaired) electrons. The molecule has 0 fully saturated rings. The summed E-state index contributed by atoms with van der Waals surface area (Å²) in [5, 5.41) is 0. The van der Waals surface area contributed by atoms with Crippen LogP contribution in [0.5, 0.6) is 0 Å². The first-order valence-electron chi connectivity index (χ1n) is 3.91. The summed E-state index contributed by atoms with van der Waals surface area (Å²) in [6.07, 6.45) is 1.31. The van der Waals surface area contributed by atoms with E-state index in [0.717, 1.165) is 12.2 Å². The smallest absolute Gasteiger partial charge is 0.0947 e. The van der Waals surface area contributed by atoms with Crippen LogP contribution < -0.4 is 0 Å². The van der Waals surface area contributed by atoms with Crippen LogP contribution in [0, 0.1) is 0 Å². The summed E-state index contributed by atoms with van der Waals surface area (Å²) in [6, 6.07) is 0. The average Bonchev–Trinajstić information content (AvgIpc) is 1.81. The van der Waals surface area contributed by atoms with Crippen LogP contribution in [0.4, 0.5) is 0 Å².